The van der Waals surface area contributed by atoms with Crippen LogP contribution >= 0.6 is 0 Å². The van der Waals surface area contributed by atoms with Gasteiger partial charge in [-0.3, -0.25) is 4.79 Å². The van der Waals surface area contributed by atoms with Crippen molar-refractivity contribution in [2.24, 2.45) is 7.05 Å². The van der Waals surface area contributed by atoms with Crippen LogP contribution in [0.25, 0.3) is 0 Å². The molecule has 15 heavy (non-hydrogen) atoms. The highest BCUT2D eigenvalue weighted by Crippen LogP contribution is 2.13. The molecular formula is C12H12N2O. The number of anilines is 2. The fourth-order valence-corrected chi connectivity index (χ4v) is 1.31. The largest absolute Gasteiger partial charge is 0.355 e. The summed E-state index contributed by atoms with van der Waals surface area (Å²) in [7, 11) is 1.73. The Kier molecular flexibility index (Phi) is 2.54. The lowest BCUT2D eigenvalue weighted by molar-refractivity contribution is 0.861. The summed E-state index contributed by atoms with van der Waals surface area (Å²) in [5.74, 6) is 0. The van der Waals surface area contributed by atoms with Crippen LogP contribution in [0.2, 0.25) is 0 Å². The maximum Gasteiger partial charge on any atom is 0.252 e. The summed E-state index contributed by atoms with van der Waals surface area (Å²) in [6.07, 6.45) is 1.74. The topological polar surface area (TPSA) is 34.0 Å². The third kappa shape index (κ3) is 2.26. The van der Waals surface area contributed by atoms with Gasteiger partial charge in [0.05, 0.1) is 0 Å². The number of aromatic nitrogens is 1. The first-order valence-corrected chi connectivity index (χ1v) is 4.74. The molecule has 0 aliphatic heterocycles. The monoisotopic (exact) mass is 200 g/mol. The highest BCUT2D eigenvalue weighted by molar-refractivity contribution is 5.58. The van der Waals surface area contributed by atoms with Gasteiger partial charge in [-0.15, -0.1) is 0 Å². The van der Waals surface area contributed by atoms with E-state index in [1.165, 1.54) is 4.57 Å². The van der Waals surface area contributed by atoms with Gasteiger partial charge in [0, 0.05) is 30.7 Å². The Bertz CT molecular complexity index is 503. The summed E-state index contributed by atoms with van der Waals surface area (Å²) in [6, 6.07) is 13.2. The molecule has 0 radical (unpaired) electrons. The molecule has 1 aromatic carbocycles. The minimum Gasteiger partial charge on any atom is -0.355 e. The molecule has 0 fully saturated rings. The fourth-order valence-electron chi connectivity index (χ4n) is 1.31. The second-order valence-corrected chi connectivity index (χ2v) is 3.36. The molecule has 0 atom stereocenters. The number of para-hydroxylation sites is 1. The maximum absolute atomic E-state index is 11.4. The van der Waals surface area contributed by atoms with Gasteiger partial charge in [0.2, 0.25) is 0 Å². The molecule has 0 saturated heterocycles. The molecule has 76 valence electrons. The number of benzene rings is 1. The molecule has 2 rings (SSSR count). The number of hydrogen-bond acceptors (Lipinski definition) is 2. The van der Waals surface area contributed by atoms with E-state index in [9.17, 15) is 4.79 Å². The Morgan fingerprint density at radius 2 is 1.80 bits per heavy atom. The van der Waals surface area contributed by atoms with Gasteiger partial charge in [0.1, 0.15) is 0 Å². The Balaban J connectivity index is 2.26. The lowest BCUT2D eigenvalue weighted by atomic mass is 10.3. The number of nitrogens with one attached hydrogen (secondary N) is 1. The van der Waals surface area contributed by atoms with Crippen LogP contribution in [0.5, 0.6) is 0 Å². The van der Waals surface area contributed by atoms with Crippen molar-refractivity contribution >= 4 is 11.4 Å². The Labute approximate surface area is 88.0 Å². The minimum atomic E-state index is -0.0177. The lowest BCUT2D eigenvalue weighted by Gasteiger charge is -2.06. The summed E-state index contributed by atoms with van der Waals surface area (Å²) >= 11 is 0. The predicted molar refractivity (Wildman–Crippen MR) is 61.4 cm³/mol. The Morgan fingerprint density at radius 3 is 2.47 bits per heavy atom. The van der Waals surface area contributed by atoms with E-state index in [0.29, 0.717) is 0 Å². The number of rotatable bonds is 2. The molecule has 0 aliphatic carbocycles. The van der Waals surface area contributed by atoms with Gasteiger partial charge < -0.3 is 9.88 Å². The summed E-state index contributed by atoms with van der Waals surface area (Å²) < 4.78 is 1.54. The standard InChI is InChI=1S/C12H12N2O/c1-14-8-7-11(9-12(14)15)13-10-5-3-2-4-6-10/h2-9,13H,1H3. The van der Waals surface area contributed by atoms with E-state index in [0.717, 1.165) is 11.4 Å². The first-order chi connectivity index (χ1) is 7.25. The fraction of sp³-hybridized carbons (Fsp3) is 0.0833. The Morgan fingerprint density at radius 1 is 1.07 bits per heavy atom. The van der Waals surface area contributed by atoms with Crippen molar-refractivity contribution in [3.8, 4) is 0 Å². The van der Waals surface area contributed by atoms with Gasteiger partial charge in [0.15, 0.2) is 0 Å². The zero-order valence-electron chi connectivity index (χ0n) is 8.47. The number of pyridine rings is 1. The first-order valence-electron chi connectivity index (χ1n) is 4.74. The number of aryl methyl sites for hydroxylation is 1. The van der Waals surface area contributed by atoms with Crippen LogP contribution < -0.4 is 10.9 Å². The summed E-state index contributed by atoms with van der Waals surface area (Å²) in [5.41, 5.74) is 1.77. The van der Waals surface area contributed by atoms with Gasteiger partial charge in [-0.2, -0.15) is 0 Å². The normalized spacial score (nSPS) is 9.93. The van der Waals surface area contributed by atoms with E-state index >= 15 is 0 Å². The molecule has 0 saturated carbocycles. The highest BCUT2D eigenvalue weighted by atomic mass is 16.1. The molecule has 0 spiro atoms. The van der Waals surface area contributed by atoms with Crippen molar-refractivity contribution < 1.29 is 0 Å². The predicted octanol–water partition coefficient (Wildman–Crippen LogP) is 2.13. The van der Waals surface area contributed by atoms with Crippen molar-refractivity contribution in [3.05, 3.63) is 59.0 Å². The molecule has 2 aromatic rings. The third-order valence-electron chi connectivity index (χ3n) is 2.17. The van der Waals surface area contributed by atoms with Crippen molar-refractivity contribution in [2.75, 3.05) is 5.32 Å². The van der Waals surface area contributed by atoms with Gasteiger partial charge in [0.25, 0.3) is 5.56 Å². The summed E-state index contributed by atoms with van der Waals surface area (Å²) in [4.78, 5) is 11.4. The highest BCUT2D eigenvalue weighted by Gasteiger charge is 1.95. The van der Waals surface area contributed by atoms with Crippen LogP contribution in [0.1, 0.15) is 0 Å². The molecule has 3 nitrogen and oxygen atoms in total. The Hall–Kier alpha value is -2.03. The smallest absolute Gasteiger partial charge is 0.252 e. The average molecular weight is 200 g/mol. The van der Waals surface area contributed by atoms with Crippen LogP contribution in [0, 0.1) is 0 Å². The first kappa shape index (κ1) is 9.52. The zero-order valence-corrected chi connectivity index (χ0v) is 8.47. The van der Waals surface area contributed by atoms with Gasteiger partial charge in [-0.25, -0.2) is 0 Å². The molecule has 0 bridgehead atoms. The van der Waals surface area contributed by atoms with Gasteiger partial charge >= 0.3 is 0 Å². The molecule has 0 unspecified atom stereocenters. The van der Waals surface area contributed by atoms with Crippen molar-refractivity contribution in [1.82, 2.24) is 4.57 Å². The second-order valence-electron chi connectivity index (χ2n) is 3.36. The van der Waals surface area contributed by atoms with E-state index in [1.54, 1.807) is 19.3 Å². The molecule has 1 heterocycles. The van der Waals surface area contributed by atoms with Crippen LogP contribution in [-0.2, 0) is 7.05 Å². The second kappa shape index (κ2) is 4.00. The average Bonchev–Trinajstić information content (AvgIpc) is 2.25. The van der Waals surface area contributed by atoms with Crippen LogP contribution in [0.3, 0.4) is 0 Å². The molecule has 1 aromatic heterocycles. The number of hydrogen-bond donors (Lipinski definition) is 1. The maximum atomic E-state index is 11.4. The zero-order chi connectivity index (χ0) is 10.7. The van der Waals surface area contributed by atoms with E-state index in [4.69, 9.17) is 0 Å². The molecule has 1 N–H and O–H groups in total. The molecule has 0 aliphatic rings. The molecule has 0 amide bonds. The quantitative estimate of drug-likeness (QED) is 0.805. The minimum absolute atomic E-state index is 0.0177. The van der Waals surface area contributed by atoms with Crippen LogP contribution in [-0.4, -0.2) is 4.57 Å². The van der Waals surface area contributed by atoms with Gasteiger partial charge in [-0.05, 0) is 18.2 Å². The van der Waals surface area contributed by atoms with Gasteiger partial charge in [-0.1, -0.05) is 18.2 Å². The van der Waals surface area contributed by atoms with Crippen LogP contribution in [0.4, 0.5) is 11.4 Å². The third-order valence-corrected chi connectivity index (χ3v) is 2.17. The van der Waals surface area contributed by atoms with Crippen LogP contribution in [0.15, 0.2) is 53.5 Å². The number of nitrogens with zero attached hydrogens (tertiary/aromatic N) is 1. The summed E-state index contributed by atoms with van der Waals surface area (Å²) in [6.45, 7) is 0. The van der Waals surface area contributed by atoms with E-state index < -0.39 is 0 Å². The van der Waals surface area contributed by atoms with Crippen molar-refractivity contribution in [3.63, 3.8) is 0 Å². The van der Waals surface area contributed by atoms with Crippen molar-refractivity contribution in [1.29, 1.82) is 0 Å². The summed E-state index contributed by atoms with van der Waals surface area (Å²) in [5, 5.41) is 3.16. The SMILES string of the molecule is Cn1ccc(Nc2ccccc2)cc1=O. The van der Waals surface area contributed by atoms with E-state index in [2.05, 4.69) is 5.32 Å². The molecular weight excluding hydrogens is 188 g/mol. The molecule has 3 heteroatoms. The van der Waals surface area contributed by atoms with E-state index in [-0.39, 0.29) is 5.56 Å². The lowest BCUT2D eigenvalue weighted by Crippen LogP contribution is -2.14. The van der Waals surface area contributed by atoms with Crippen molar-refractivity contribution in [2.45, 2.75) is 0 Å². The van der Waals surface area contributed by atoms with E-state index in [1.807, 2.05) is 36.4 Å².